The van der Waals surface area contributed by atoms with Gasteiger partial charge in [-0.1, -0.05) is 6.07 Å². The van der Waals surface area contributed by atoms with Crippen molar-refractivity contribution in [3.05, 3.63) is 29.6 Å². The van der Waals surface area contributed by atoms with Gasteiger partial charge in [-0.05, 0) is 26.0 Å². The average Bonchev–Trinajstić information content (AvgIpc) is 1.64. The van der Waals surface area contributed by atoms with Crippen molar-refractivity contribution in [2.24, 2.45) is 0 Å². The van der Waals surface area contributed by atoms with Crippen molar-refractivity contribution in [1.29, 1.82) is 0 Å². The van der Waals surface area contributed by atoms with Crippen molar-refractivity contribution >= 4 is 29.6 Å². The summed E-state index contributed by atoms with van der Waals surface area (Å²) in [6.07, 6.45) is 0. The molecule has 0 aliphatic carbocycles. The Morgan fingerprint density at radius 3 is 1.78 bits per heavy atom. The van der Waals surface area contributed by atoms with E-state index in [1.54, 1.807) is 0 Å². The van der Waals surface area contributed by atoms with E-state index in [1.165, 1.54) is 0 Å². The van der Waals surface area contributed by atoms with Crippen LogP contribution in [0.15, 0.2) is 18.2 Å². The Morgan fingerprint density at radius 1 is 1.11 bits per heavy atom. The normalized spacial score (nSPS) is 8.22. The van der Waals surface area contributed by atoms with Crippen LogP contribution in [0.3, 0.4) is 0 Å². The maximum absolute atomic E-state index is 4.17. The summed E-state index contributed by atoms with van der Waals surface area (Å²) < 4.78 is 0. The van der Waals surface area contributed by atoms with E-state index < -0.39 is 0 Å². The minimum Gasteiger partial charge on any atom is -0.258 e. The summed E-state index contributed by atoms with van der Waals surface area (Å²) in [5.41, 5.74) is 2.18. The van der Waals surface area contributed by atoms with Crippen LogP contribution in [0, 0.1) is 13.8 Å². The summed E-state index contributed by atoms with van der Waals surface area (Å²) >= 11 is 0. The quantitative estimate of drug-likeness (QED) is 0.482. The third kappa shape index (κ3) is 2.99. The molecule has 0 unspecified atom stereocenters. The van der Waals surface area contributed by atoms with E-state index in [0.29, 0.717) is 0 Å². The maximum atomic E-state index is 4.17. The Labute approximate surface area is 77.8 Å². The second-order valence-electron chi connectivity index (χ2n) is 1.92. The second-order valence-corrected chi connectivity index (χ2v) is 1.92. The van der Waals surface area contributed by atoms with Gasteiger partial charge in [-0.2, -0.15) is 0 Å². The third-order valence-electron chi connectivity index (χ3n) is 1.03. The van der Waals surface area contributed by atoms with Gasteiger partial charge in [-0.3, -0.25) is 4.98 Å². The van der Waals surface area contributed by atoms with Gasteiger partial charge in [0, 0.05) is 40.9 Å². The summed E-state index contributed by atoms with van der Waals surface area (Å²) in [6, 6.07) is 6.00. The SMILES string of the molecule is Cc1cccc(C)n1.[Na]. The molecular weight excluding hydrogens is 121 g/mol. The summed E-state index contributed by atoms with van der Waals surface area (Å²) in [5.74, 6) is 0. The Morgan fingerprint density at radius 2 is 1.56 bits per heavy atom. The molecule has 0 bridgehead atoms. The molecule has 43 valence electrons. The van der Waals surface area contributed by atoms with Crippen molar-refractivity contribution in [3.63, 3.8) is 0 Å². The van der Waals surface area contributed by atoms with Gasteiger partial charge < -0.3 is 0 Å². The summed E-state index contributed by atoms with van der Waals surface area (Å²) in [7, 11) is 0. The van der Waals surface area contributed by atoms with Gasteiger partial charge >= 0.3 is 0 Å². The molecule has 0 saturated carbocycles. The Balaban J connectivity index is 0.000000640. The molecule has 9 heavy (non-hydrogen) atoms. The topological polar surface area (TPSA) is 12.9 Å². The molecule has 0 amide bonds. The van der Waals surface area contributed by atoms with Crippen LogP contribution in [0.4, 0.5) is 0 Å². The van der Waals surface area contributed by atoms with Gasteiger partial charge in [-0.25, -0.2) is 0 Å². The Kier molecular flexibility index (Phi) is 4.11. The smallest absolute Gasteiger partial charge is 0.0375 e. The number of aromatic nitrogens is 1. The fourth-order valence-electron chi connectivity index (χ4n) is 0.679. The first-order valence-corrected chi connectivity index (χ1v) is 2.69. The van der Waals surface area contributed by atoms with Crippen LogP contribution in [0.1, 0.15) is 11.4 Å². The van der Waals surface area contributed by atoms with E-state index in [-0.39, 0.29) is 29.6 Å². The van der Waals surface area contributed by atoms with Crippen molar-refractivity contribution in [3.8, 4) is 0 Å². The predicted octanol–water partition coefficient (Wildman–Crippen LogP) is 1.32. The minimum absolute atomic E-state index is 0. The van der Waals surface area contributed by atoms with E-state index in [9.17, 15) is 0 Å². The van der Waals surface area contributed by atoms with Gasteiger partial charge in [0.25, 0.3) is 0 Å². The molecule has 1 radical (unpaired) electrons. The number of rotatable bonds is 0. The summed E-state index contributed by atoms with van der Waals surface area (Å²) in [4.78, 5) is 4.17. The zero-order valence-corrected chi connectivity index (χ0v) is 8.18. The molecular formula is C7H9NNa. The average molecular weight is 130 g/mol. The van der Waals surface area contributed by atoms with Crippen molar-refractivity contribution in [2.75, 3.05) is 0 Å². The molecule has 1 aromatic rings. The summed E-state index contributed by atoms with van der Waals surface area (Å²) in [5, 5.41) is 0. The van der Waals surface area contributed by atoms with Crippen LogP contribution in [0.2, 0.25) is 0 Å². The van der Waals surface area contributed by atoms with Crippen molar-refractivity contribution in [1.82, 2.24) is 4.98 Å². The standard InChI is InChI=1S/C7H9N.Na/c1-6-4-3-5-7(2)8-6;/h3-5H,1-2H3;. The number of pyridine rings is 1. The van der Waals surface area contributed by atoms with Crippen LogP contribution in [-0.2, 0) is 0 Å². The third-order valence-corrected chi connectivity index (χ3v) is 1.03. The van der Waals surface area contributed by atoms with Gasteiger partial charge in [0.15, 0.2) is 0 Å². The van der Waals surface area contributed by atoms with Gasteiger partial charge in [0.1, 0.15) is 0 Å². The molecule has 0 fully saturated rings. The molecule has 1 rings (SSSR count). The first-order valence-electron chi connectivity index (χ1n) is 2.69. The van der Waals surface area contributed by atoms with E-state index in [0.717, 1.165) is 11.4 Å². The predicted molar refractivity (Wildman–Crippen MR) is 39.5 cm³/mol. The van der Waals surface area contributed by atoms with E-state index in [4.69, 9.17) is 0 Å². The van der Waals surface area contributed by atoms with Gasteiger partial charge in [0.2, 0.25) is 0 Å². The molecule has 0 saturated heterocycles. The van der Waals surface area contributed by atoms with Gasteiger partial charge in [0.05, 0.1) is 0 Å². The summed E-state index contributed by atoms with van der Waals surface area (Å²) in [6.45, 7) is 3.99. The van der Waals surface area contributed by atoms with E-state index >= 15 is 0 Å². The van der Waals surface area contributed by atoms with Crippen LogP contribution >= 0.6 is 0 Å². The van der Waals surface area contributed by atoms with E-state index in [1.807, 2.05) is 32.0 Å². The largest absolute Gasteiger partial charge is 0.258 e. The molecule has 2 heteroatoms. The van der Waals surface area contributed by atoms with Gasteiger partial charge in [-0.15, -0.1) is 0 Å². The molecule has 0 spiro atoms. The molecule has 0 aromatic carbocycles. The number of hydrogen-bond acceptors (Lipinski definition) is 1. The minimum atomic E-state index is 0. The van der Waals surface area contributed by atoms with Crippen molar-refractivity contribution in [2.45, 2.75) is 13.8 Å². The molecule has 0 aliphatic rings. The number of nitrogens with zero attached hydrogens (tertiary/aromatic N) is 1. The zero-order valence-electron chi connectivity index (χ0n) is 6.18. The Bertz CT molecular complexity index is 169. The zero-order chi connectivity index (χ0) is 5.98. The fraction of sp³-hybridized carbons (Fsp3) is 0.286. The van der Waals surface area contributed by atoms with Crippen molar-refractivity contribution < 1.29 is 0 Å². The molecule has 1 heterocycles. The first-order chi connectivity index (χ1) is 3.79. The fourth-order valence-corrected chi connectivity index (χ4v) is 0.679. The molecule has 1 nitrogen and oxygen atoms in total. The molecule has 1 aromatic heterocycles. The van der Waals surface area contributed by atoms with Crippen LogP contribution in [0.5, 0.6) is 0 Å². The van der Waals surface area contributed by atoms with Crippen LogP contribution in [-0.4, -0.2) is 34.5 Å². The monoisotopic (exact) mass is 130 g/mol. The maximum Gasteiger partial charge on any atom is 0.0375 e. The van der Waals surface area contributed by atoms with Crippen LogP contribution in [0.25, 0.3) is 0 Å². The molecule has 0 N–H and O–H groups in total. The first kappa shape index (κ1) is 9.15. The molecule has 0 aliphatic heterocycles. The second kappa shape index (κ2) is 4.04. The Hall–Kier alpha value is 0.150. The van der Waals surface area contributed by atoms with E-state index in [2.05, 4.69) is 4.98 Å². The number of hydrogen-bond donors (Lipinski definition) is 0. The number of aryl methyl sites for hydroxylation is 2. The molecule has 0 atom stereocenters. The van der Waals surface area contributed by atoms with Crippen LogP contribution < -0.4 is 0 Å².